The monoisotopic (exact) mass is 498 g/mol. The van der Waals surface area contributed by atoms with E-state index in [1.807, 2.05) is 24.3 Å². The van der Waals surface area contributed by atoms with Gasteiger partial charge in [-0.05, 0) is 67.1 Å². The Balaban J connectivity index is 1.11. The molecule has 0 aromatic heterocycles. The minimum absolute atomic E-state index is 0.0945. The highest BCUT2D eigenvalue weighted by molar-refractivity contribution is 6.05. The quantitative estimate of drug-likeness (QED) is 0.636. The van der Waals surface area contributed by atoms with E-state index in [9.17, 15) is 14.4 Å². The van der Waals surface area contributed by atoms with Gasteiger partial charge in [-0.3, -0.25) is 24.6 Å². The third-order valence-corrected chi connectivity index (χ3v) is 8.34. The van der Waals surface area contributed by atoms with Crippen LogP contribution in [0.2, 0.25) is 0 Å². The van der Waals surface area contributed by atoms with Gasteiger partial charge in [-0.2, -0.15) is 5.26 Å². The van der Waals surface area contributed by atoms with Gasteiger partial charge >= 0.3 is 0 Å². The first-order valence-electron chi connectivity index (χ1n) is 13.2. The number of likely N-dealkylation sites (tertiary alicyclic amines) is 1. The molecule has 0 spiro atoms. The molecule has 8 heteroatoms. The summed E-state index contributed by atoms with van der Waals surface area (Å²) in [6.45, 7) is 2.34. The van der Waals surface area contributed by atoms with Crippen molar-refractivity contribution >= 4 is 17.7 Å². The number of carbonyl (C=O) groups is 3. The van der Waals surface area contributed by atoms with Gasteiger partial charge in [0.15, 0.2) is 0 Å². The van der Waals surface area contributed by atoms with Gasteiger partial charge in [0.1, 0.15) is 17.9 Å². The van der Waals surface area contributed by atoms with Crippen LogP contribution in [0.15, 0.2) is 42.5 Å². The summed E-state index contributed by atoms with van der Waals surface area (Å²) in [5.74, 6) is 0.402. The van der Waals surface area contributed by atoms with E-state index < -0.39 is 11.9 Å². The van der Waals surface area contributed by atoms with Crippen LogP contribution in [-0.4, -0.2) is 58.8 Å². The molecule has 0 radical (unpaired) electrons. The first kappa shape index (κ1) is 23.7. The fourth-order valence-corrected chi connectivity index (χ4v) is 6.26. The molecule has 0 bridgehead atoms. The van der Waals surface area contributed by atoms with Crippen molar-refractivity contribution in [1.29, 1.82) is 5.26 Å². The van der Waals surface area contributed by atoms with Gasteiger partial charge in [-0.25, -0.2) is 0 Å². The molecule has 3 atom stereocenters. The van der Waals surface area contributed by atoms with E-state index in [1.165, 1.54) is 12.0 Å². The van der Waals surface area contributed by atoms with Crippen LogP contribution < -0.4 is 10.1 Å². The number of nitrogens with zero attached hydrogens (tertiary/aromatic N) is 3. The van der Waals surface area contributed by atoms with Crippen LogP contribution in [0, 0.1) is 11.3 Å². The first-order valence-corrected chi connectivity index (χ1v) is 13.2. The fourth-order valence-electron chi connectivity index (χ4n) is 6.26. The summed E-state index contributed by atoms with van der Waals surface area (Å²) in [4.78, 5) is 40.9. The Morgan fingerprint density at radius 1 is 0.973 bits per heavy atom. The molecule has 3 unspecified atom stereocenters. The number of nitriles is 1. The van der Waals surface area contributed by atoms with Crippen molar-refractivity contribution in [2.75, 3.05) is 13.1 Å². The van der Waals surface area contributed by atoms with Crippen molar-refractivity contribution < 1.29 is 19.1 Å². The summed E-state index contributed by atoms with van der Waals surface area (Å²) in [7, 11) is 0. The Morgan fingerprint density at radius 2 is 1.76 bits per heavy atom. The SMILES string of the molecule is N#Cc1ccc(C2CN(C3CCCCC3Oc3ccc4c(c3)CN(C3CCC(=O)NC3=O)C4=O)C2)cc1. The number of amides is 3. The highest BCUT2D eigenvalue weighted by Crippen LogP contribution is 2.36. The summed E-state index contributed by atoms with van der Waals surface area (Å²) in [5, 5.41) is 11.4. The zero-order chi connectivity index (χ0) is 25.5. The Hall–Kier alpha value is -3.70. The maximum atomic E-state index is 13.0. The van der Waals surface area contributed by atoms with Crippen molar-refractivity contribution in [2.45, 2.75) is 69.2 Å². The number of piperidine rings is 1. The van der Waals surface area contributed by atoms with Crippen molar-refractivity contribution in [3.63, 3.8) is 0 Å². The molecular weight excluding hydrogens is 468 g/mol. The van der Waals surface area contributed by atoms with E-state index in [0.717, 1.165) is 43.7 Å². The Morgan fingerprint density at radius 3 is 2.51 bits per heavy atom. The lowest BCUT2D eigenvalue weighted by Crippen LogP contribution is -2.57. The molecule has 6 rings (SSSR count). The molecular formula is C29H30N4O4. The number of benzene rings is 2. The number of hydrogen-bond acceptors (Lipinski definition) is 6. The van der Waals surface area contributed by atoms with E-state index in [2.05, 4.69) is 28.4 Å². The van der Waals surface area contributed by atoms with E-state index in [1.54, 1.807) is 11.0 Å². The second kappa shape index (κ2) is 9.64. The average Bonchev–Trinajstić information content (AvgIpc) is 3.20. The molecule has 1 saturated carbocycles. The second-order valence-electron chi connectivity index (χ2n) is 10.6. The van der Waals surface area contributed by atoms with Crippen LogP contribution in [0.3, 0.4) is 0 Å². The van der Waals surface area contributed by atoms with E-state index >= 15 is 0 Å². The van der Waals surface area contributed by atoms with Crippen LogP contribution in [0.5, 0.6) is 5.75 Å². The number of carbonyl (C=O) groups excluding carboxylic acids is 3. The number of nitrogens with one attached hydrogen (secondary N) is 1. The summed E-state index contributed by atoms with van der Waals surface area (Å²) in [6, 6.07) is 15.5. The largest absolute Gasteiger partial charge is 0.489 e. The Labute approximate surface area is 216 Å². The summed E-state index contributed by atoms with van der Waals surface area (Å²) < 4.78 is 6.54. The third-order valence-electron chi connectivity index (χ3n) is 8.34. The van der Waals surface area contributed by atoms with Crippen LogP contribution in [0.4, 0.5) is 0 Å². The predicted octanol–water partition coefficient (Wildman–Crippen LogP) is 3.11. The molecule has 3 heterocycles. The zero-order valence-corrected chi connectivity index (χ0v) is 20.7. The minimum atomic E-state index is -0.611. The third kappa shape index (κ3) is 4.49. The normalized spacial score (nSPS) is 26.3. The van der Waals surface area contributed by atoms with Crippen LogP contribution in [-0.2, 0) is 16.1 Å². The highest BCUT2D eigenvalue weighted by Gasteiger charge is 2.41. The van der Waals surface area contributed by atoms with E-state index in [4.69, 9.17) is 10.00 Å². The number of fused-ring (bicyclic) bond motifs is 1. The molecule has 3 amide bonds. The molecule has 4 aliphatic rings. The molecule has 190 valence electrons. The number of rotatable bonds is 5. The lowest BCUT2D eigenvalue weighted by Gasteiger charge is -2.48. The fraction of sp³-hybridized carbons (Fsp3) is 0.448. The standard InChI is InChI=1S/C29H30N4O4/c30-14-18-5-7-19(8-6-18)21-15-32(16-21)24-3-1-2-4-26(24)37-22-9-10-23-20(13-22)17-33(29(23)36)25-11-12-27(34)31-28(25)35/h5-10,13,21,24-26H,1-4,11-12,15-17H2,(H,31,34,35). The first-order chi connectivity index (χ1) is 18.0. The van der Waals surface area contributed by atoms with Crippen LogP contribution in [0.25, 0.3) is 0 Å². The van der Waals surface area contributed by atoms with Crippen molar-refractivity contribution in [1.82, 2.24) is 15.1 Å². The summed E-state index contributed by atoms with van der Waals surface area (Å²) >= 11 is 0. The second-order valence-corrected chi connectivity index (χ2v) is 10.6. The molecule has 3 fully saturated rings. The van der Waals surface area contributed by atoms with Gasteiger partial charge in [-0.15, -0.1) is 0 Å². The minimum Gasteiger partial charge on any atom is -0.489 e. The maximum Gasteiger partial charge on any atom is 0.255 e. The molecule has 1 N–H and O–H groups in total. The molecule has 2 aromatic rings. The maximum absolute atomic E-state index is 13.0. The van der Waals surface area contributed by atoms with Gasteiger partial charge in [-0.1, -0.05) is 18.6 Å². The van der Waals surface area contributed by atoms with Crippen molar-refractivity contribution in [3.05, 3.63) is 64.7 Å². The Bertz CT molecular complexity index is 1280. The van der Waals surface area contributed by atoms with Gasteiger partial charge in [0.05, 0.1) is 11.6 Å². The lowest BCUT2D eigenvalue weighted by atomic mass is 9.84. The van der Waals surface area contributed by atoms with Crippen molar-refractivity contribution in [3.8, 4) is 11.8 Å². The zero-order valence-electron chi connectivity index (χ0n) is 20.7. The topological polar surface area (TPSA) is 103 Å². The van der Waals surface area contributed by atoms with Gasteiger partial charge in [0.2, 0.25) is 11.8 Å². The van der Waals surface area contributed by atoms with Gasteiger partial charge < -0.3 is 9.64 Å². The van der Waals surface area contributed by atoms with Gasteiger partial charge in [0.25, 0.3) is 5.91 Å². The summed E-state index contributed by atoms with van der Waals surface area (Å²) in [5.41, 5.74) is 3.44. The van der Waals surface area contributed by atoms with E-state index in [0.29, 0.717) is 36.1 Å². The molecule has 3 aliphatic heterocycles. The highest BCUT2D eigenvalue weighted by atomic mass is 16.5. The average molecular weight is 499 g/mol. The van der Waals surface area contributed by atoms with E-state index in [-0.39, 0.29) is 24.3 Å². The molecule has 37 heavy (non-hydrogen) atoms. The Kier molecular flexibility index (Phi) is 6.17. The smallest absolute Gasteiger partial charge is 0.255 e. The van der Waals surface area contributed by atoms with Crippen LogP contribution >= 0.6 is 0 Å². The lowest BCUT2D eigenvalue weighted by molar-refractivity contribution is -0.136. The number of hydrogen-bond donors (Lipinski definition) is 1. The molecule has 8 nitrogen and oxygen atoms in total. The number of ether oxygens (including phenoxy) is 1. The molecule has 2 saturated heterocycles. The van der Waals surface area contributed by atoms with Gasteiger partial charge in [0, 0.05) is 43.6 Å². The number of imide groups is 1. The van der Waals surface area contributed by atoms with Crippen molar-refractivity contribution in [2.24, 2.45) is 0 Å². The summed E-state index contributed by atoms with van der Waals surface area (Å²) in [6.07, 6.45) is 5.14. The predicted molar refractivity (Wildman–Crippen MR) is 135 cm³/mol. The van der Waals surface area contributed by atoms with Crippen LogP contribution in [0.1, 0.15) is 71.5 Å². The molecule has 1 aliphatic carbocycles. The molecule has 2 aromatic carbocycles.